The summed E-state index contributed by atoms with van der Waals surface area (Å²) < 4.78 is 12.4. The number of aliphatic hydroxyl groups is 1. The highest BCUT2D eigenvalue weighted by atomic mass is 16.5. The first-order chi connectivity index (χ1) is 11.1. The number of amides is 2. The summed E-state index contributed by atoms with van der Waals surface area (Å²) in [6, 6.07) is -0.259. The minimum atomic E-state index is -0.132. The van der Waals surface area contributed by atoms with Crippen LogP contribution in [-0.2, 0) is 16.5 Å². The minimum absolute atomic E-state index is 0.0306. The number of carbonyl (C=O) groups is 1. The molecule has 8 heteroatoms. The number of likely N-dealkylation sites (tertiary alicyclic amines) is 1. The fraction of sp³-hybridized carbons (Fsp3) is 0.733. The number of methoxy groups -OCH3 is 1. The molecule has 0 aliphatic carbocycles. The van der Waals surface area contributed by atoms with Gasteiger partial charge in [-0.3, -0.25) is 4.68 Å². The van der Waals surface area contributed by atoms with Crippen LogP contribution in [0.4, 0.5) is 4.79 Å². The second-order valence-corrected chi connectivity index (χ2v) is 6.27. The molecule has 2 saturated heterocycles. The zero-order valence-electron chi connectivity index (χ0n) is 13.5. The van der Waals surface area contributed by atoms with Gasteiger partial charge in [-0.05, 0) is 5.56 Å². The van der Waals surface area contributed by atoms with E-state index in [1.54, 1.807) is 22.9 Å². The van der Waals surface area contributed by atoms with Gasteiger partial charge in [0, 0.05) is 51.9 Å². The van der Waals surface area contributed by atoms with E-state index in [-0.39, 0.29) is 36.6 Å². The average Bonchev–Trinajstić information content (AvgIpc) is 3.25. The first-order valence-corrected chi connectivity index (χ1v) is 7.87. The maximum Gasteiger partial charge on any atom is 0.317 e. The van der Waals surface area contributed by atoms with Crippen molar-refractivity contribution in [3.8, 4) is 0 Å². The molecule has 2 amide bonds. The first-order valence-electron chi connectivity index (χ1n) is 7.87. The molecule has 23 heavy (non-hydrogen) atoms. The molecule has 2 aliphatic heterocycles. The Bertz CT molecular complexity index is 549. The van der Waals surface area contributed by atoms with Crippen molar-refractivity contribution in [1.29, 1.82) is 0 Å². The maximum atomic E-state index is 12.5. The van der Waals surface area contributed by atoms with Crippen molar-refractivity contribution >= 4 is 6.03 Å². The molecule has 2 aliphatic rings. The van der Waals surface area contributed by atoms with Gasteiger partial charge in [0.2, 0.25) is 0 Å². The Morgan fingerprint density at radius 2 is 2.35 bits per heavy atom. The van der Waals surface area contributed by atoms with Crippen LogP contribution in [0.5, 0.6) is 0 Å². The molecule has 3 rings (SSSR count). The van der Waals surface area contributed by atoms with Crippen LogP contribution in [0, 0.1) is 5.92 Å². The number of aromatic nitrogens is 2. The number of aliphatic hydroxyl groups excluding tert-OH is 1. The van der Waals surface area contributed by atoms with Gasteiger partial charge in [-0.15, -0.1) is 0 Å². The summed E-state index contributed by atoms with van der Waals surface area (Å²) in [5.74, 6) is 0.139. The molecule has 8 nitrogen and oxygen atoms in total. The van der Waals surface area contributed by atoms with Crippen molar-refractivity contribution in [2.45, 2.75) is 18.1 Å². The molecule has 0 unspecified atom stereocenters. The standard InChI is InChI=1S/C15H24N4O4/c1-18-4-10(3-16-18)12-6-19(5-11(12)7-20)15(21)17-13-8-23-9-14(13)22-2/h3-4,11-14,20H,5-9H2,1-2H3,(H,17,21)/t11-,12-,13-,14+/m0/s1. The van der Waals surface area contributed by atoms with E-state index in [9.17, 15) is 9.90 Å². The molecule has 0 bridgehead atoms. The van der Waals surface area contributed by atoms with Crippen molar-refractivity contribution in [1.82, 2.24) is 20.0 Å². The van der Waals surface area contributed by atoms with E-state index in [0.29, 0.717) is 26.3 Å². The third kappa shape index (κ3) is 3.34. The Morgan fingerprint density at radius 1 is 1.52 bits per heavy atom. The third-order valence-corrected chi connectivity index (χ3v) is 4.76. The number of ether oxygens (including phenoxy) is 2. The van der Waals surface area contributed by atoms with Gasteiger partial charge in [-0.1, -0.05) is 0 Å². The predicted octanol–water partition coefficient (Wildman–Crippen LogP) is -0.449. The van der Waals surface area contributed by atoms with Crippen molar-refractivity contribution < 1.29 is 19.4 Å². The molecule has 2 fully saturated rings. The van der Waals surface area contributed by atoms with E-state index in [0.717, 1.165) is 5.56 Å². The number of aryl methyl sites for hydroxylation is 1. The second kappa shape index (κ2) is 6.86. The first kappa shape index (κ1) is 16.2. The number of nitrogens with one attached hydrogen (secondary N) is 1. The van der Waals surface area contributed by atoms with Crippen LogP contribution in [0.1, 0.15) is 11.5 Å². The normalized spacial score (nSPS) is 30.8. The quantitative estimate of drug-likeness (QED) is 0.783. The SMILES string of the molecule is CO[C@@H]1COC[C@@H]1NC(=O)N1C[C@@H](CO)[C@H](c2cnn(C)c2)C1. The molecule has 0 aromatic carbocycles. The smallest absolute Gasteiger partial charge is 0.317 e. The molecule has 1 aromatic heterocycles. The largest absolute Gasteiger partial charge is 0.396 e. The highest BCUT2D eigenvalue weighted by molar-refractivity contribution is 5.75. The Hall–Kier alpha value is -1.64. The zero-order valence-corrected chi connectivity index (χ0v) is 13.5. The topological polar surface area (TPSA) is 88.8 Å². The molecule has 0 spiro atoms. The van der Waals surface area contributed by atoms with Gasteiger partial charge in [0.1, 0.15) is 6.10 Å². The lowest BCUT2D eigenvalue weighted by Crippen LogP contribution is -2.49. The van der Waals surface area contributed by atoms with Gasteiger partial charge >= 0.3 is 6.03 Å². The molecule has 128 valence electrons. The lowest BCUT2D eigenvalue weighted by atomic mass is 9.92. The highest BCUT2D eigenvalue weighted by Crippen LogP contribution is 2.32. The molecule has 1 aromatic rings. The van der Waals surface area contributed by atoms with Crippen LogP contribution in [0.2, 0.25) is 0 Å². The lowest BCUT2D eigenvalue weighted by Gasteiger charge is -2.22. The van der Waals surface area contributed by atoms with Crippen LogP contribution < -0.4 is 5.32 Å². The number of hydrogen-bond donors (Lipinski definition) is 2. The summed E-state index contributed by atoms with van der Waals surface area (Å²) in [6.07, 6.45) is 3.64. The van der Waals surface area contributed by atoms with Crippen LogP contribution in [0.15, 0.2) is 12.4 Å². The highest BCUT2D eigenvalue weighted by Gasteiger charge is 2.38. The molecular weight excluding hydrogens is 300 g/mol. The van der Waals surface area contributed by atoms with Gasteiger partial charge in [-0.25, -0.2) is 4.79 Å². The van der Waals surface area contributed by atoms with Gasteiger partial charge in [0.05, 0.1) is 25.5 Å². The molecular formula is C15H24N4O4. The van der Waals surface area contributed by atoms with Crippen LogP contribution in [0.3, 0.4) is 0 Å². The van der Waals surface area contributed by atoms with Crippen molar-refractivity contribution in [3.63, 3.8) is 0 Å². The molecule has 3 heterocycles. The summed E-state index contributed by atoms with van der Waals surface area (Å²) in [7, 11) is 3.48. The zero-order chi connectivity index (χ0) is 16.4. The Morgan fingerprint density at radius 3 is 3.00 bits per heavy atom. The van der Waals surface area contributed by atoms with Crippen molar-refractivity contribution in [3.05, 3.63) is 18.0 Å². The van der Waals surface area contributed by atoms with Gasteiger partial charge < -0.3 is 24.8 Å². The summed E-state index contributed by atoms with van der Waals surface area (Å²) in [5, 5.41) is 16.8. The van der Waals surface area contributed by atoms with E-state index in [1.165, 1.54) is 0 Å². The van der Waals surface area contributed by atoms with Gasteiger partial charge in [-0.2, -0.15) is 5.10 Å². The number of urea groups is 1. The Labute approximate surface area is 135 Å². The fourth-order valence-electron chi connectivity index (χ4n) is 3.38. The number of carbonyl (C=O) groups excluding carboxylic acids is 1. The van der Waals surface area contributed by atoms with Crippen LogP contribution >= 0.6 is 0 Å². The molecule has 0 saturated carbocycles. The van der Waals surface area contributed by atoms with Crippen LogP contribution in [-0.4, -0.2) is 78.0 Å². The van der Waals surface area contributed by atoms with Gasteiger partial charge in [0.25, 0.3) is 0 Å². The summed E-state index contributed by atoms with van der Waals surface area (Å²) in [5.41, 5.74) is 1.06. The van der Waals surface area contributed by atoms with E-state index < -0.39 is 0 Å². The van der Waals surface area contributed by atoms with Gasteiger partial charge in [0.15, 0.2) is 0 Å². The predicted molar refractivity (Wildman–Crippen MR) is 82.0 cm³/mol. The number of nitrogens with zero attached hydrogens (tertiary/aromatic N) is 3. The lowest BCUT2D eigenvalue weighted by molar-refractivity contribution is 0.0736. The van der Waals surface area contributed by atoms with E-state index in [1.807, 2.05) is 13.2 Å². The Kier molecular flexibility index (Phi) is 4.84. The van der Waals surface area contributed by atoms with E-state index >= 15 is 0 Å². The molecule has 2 N–H and O–H groups in total. The second-order valence-electron chi connectivity index (χ2n) is 6.27. The maximum absolute atomic E-state index is 12.5. The summed E-state index contributed by atoms with van der Waals surface area (Å²) in [6.45, 7) is 2.13. The monoisotopic (exact) mass is 324 g/mol. The molecule has 4 atom stereocenters. The van der Waals surface area contributed by atoms with Crippen molar-refractivity contribution in [2.75, 3.05) is 40.0 Å². The third-order valence-electron chi connectivity index (χ3n) is 4.76. The van der Waals surface area contributed by atoms with Crippen molar-refractivity contribution in [2.24, 2.45) is 13.0 Å². The van der Waals surface area contributed by atoms with E-state index in [2.05, 4.69) is 10.4 Å². The Balaban J connectivity index is 1.63. The summed E-state index contributed by atoms with van der Waals surface area (Å²) in [4.78, 5) is 14.3. The average molecular weight is 324 g/mol. The van der Waals surface area contributed by atoms with E-state index in [4.69, 9.17) is 9.47 Å². The fourth-order valence-corrected chi connectivity index (χ4v) is 3.38. The molecule has 0 radical (unpaired) electrons. The van der Waals surface area contributed by atoms with Crippen LogP contribution in [0.25, 0.3) is 0 Å². The summed E-state index contributed by atoms with van der Waals surface area (Å²) >= 11 is 0. The minimum Gasteiger partial charge on any atom is -0.396 e. The number of hydrogen-bond acceptors (Lipinski definition) is 5. The number of rotatable bonds is 4.